The van der Waals surface area contributed by atoms with Crippen LogP contribution in [-0.2, 0) is 23.1 Å². The number of aromatic nitrogens is 2. The van der Waals surface area contributed by atoms with Crippen molar-refractivity contribution in [3.63, 3.8) is 0 Å². The van der Waals surface area contributed by atoms with Gasteiger partial charge in [0.05, 0.1) is 6.33 Å². The maximum absolute atomic E-state index is 12.1. The maximum atomic E-state index is 12.1. The molecule has 0 spiro atoms. The lowest BCUT2D eigenvalue weighted by molar-refractivity contribution is 0.591. The largest absolute Gasteiger partial charge is 0.333 e. The van der Waals surface area contributed by atoms with Gasteiger partial charge in [0.2, 0.25) is 10.0 Å². The van der Waals surface area contributed by atoms with E-state index in [4.69, 9.17) is 0 Å². The number of nitrogens with one attached hydrogen (secondary N) is 1. The topological polar surface area (TPSA) is 64.0 Å². The van der Waals surface area contributed by atoms with Crippen LogP contribution in [0.15, 0.2) is 72.7 Å². The zero-order valence-electron chi connectivity index (χ0n) is 14.5. The van der Waals surface area contributed by atoms with Crippen molar-refractivity contribution >= 4 is 16.1 Å². The zero-order chi connectivity index (χ0) is 18.4. The summed E-state index contributed by atoms with van der Waals surface area (Å²) in [6.45, 7) is 2.99. The van der Waals surface area contributed by atoms with Gasteiger partial charge >= 0.3 is 0 Å². The molecule has 0 radical (unpaired) electrons. The molecule has 0 aliphatic carbocycles. The lowest BCUT2D eigenvalue weighted by Crippen LogP contribution is -2.20. The fourth-order valence-electron chi connectivity index (χ4n) is 2.43. The van der Waals surface area contributed by atoms with E-state index in [-0.39, 0.29) is 6.54 Å². The number of hydrogen-bond donors (Lipinski definition) is 1. The molecular weight excluding hydrogens is 346 g/mol. The Bertz CT molecular complexity index is 959. The molecule has 1 N–H and O–H groups in total. The number of imidazole rings is 1. The monoisotopic (exact) mass is 367 g/mol. The van der Waals surface area contributed by atoms with Gasteiger partial charge in [0, 0.05) is 30.9 Å². The molecule has 0 amide bonds. The average Bonchev–Trinajstić information content (AvgIpc) is 3.14. The molecular formula is C20H21N3O2S. The van der Waals surface area contributed by atoms with Crippen LogP contribution in [0.4, 0.5) is 0 Å². The summed E-state index contributed by atoms with van der Waals surface area (Å²) in [5.41, 5.74) is 4.03. The Morgan fingerprint density at radius 2 is 1.73 bits per heavy atom. The van der Waals surface area contributed by atoms with E-state index in [2.05, 4.69) is 9.71 Å². The fraction of sp³-hybridized carbons (Fsp3) is 0.150. The third kappa shape index (κ3) is 5.40. The summed E-state index contributed by atoms with van der Waals surface area (Å²) in [6.07, 6.45) is 7.01. The van der Waals surface area contributed by atoms with Gasteiger partial charge < -0.3 is 4.57 Å². The van der Waals surface area contributed by atoms with E-state index in [0.717, 1.165) is 28.8 Å². The quantitative estimate of drug-likeness (QED) is 0.697. The molecule has 134 valence electrons. The Morgan fingerprint density at radius 1 is 1.04 bits per heavy atom. The van der Waals surface area contributed by atoms with E-state index in [1.165, 1.54) is 5.41 Å². The summed E-state index contributed by atoms with van der Waals surface area (Å²) in [7, 11) is -3.48. The van der Waals surface area contributed by atoms with Crippen molar-refractivity contribution in [1.29, 1.82) is 0 Å². The van der Waals surface area contributed by atoms with E-state index >= 15 is 0 Å². The second kappa shape index (κ2) is 8.12. The molecule has 5 nitrogen and oxygen atoms in total. The van der Waals surface area contributed by atoms with Gasteiger partial charge in [0.1, 0.15) is 0 Å². The van der Waals surface area contributed by atoms with E-state index < -0.39 is 10.0 Å². The third-order valence-corrected chi connectivity index (χ3v) is 4.98. The van der Waals surface area contributed by atoms with Crippen molar-refractivity contribution in [2.75, 3.05) is 0 Å². The molecule has 0 atom stereocenters. The van der Waals surface area contributed by atoms with Gasteiger partial charge in [-0.3, -0.25) is 0 Å². The maximum Gasteiger partial charge on any atom is 0.234 e. The van der Waals surface area contributed by atoms with Crippen molar-refractivity contribution in [1.82, 2.24) is 14.3 Å². The molecule has 3 aromatic rings. The normalized spacial score (nSPS) is 11.9. The van der Waals surface area contributed by atoms with Crippen molar-refractivity contribution in [2.45, 2.75) is 20.0 Å². The van der Waals surface area contributed by atoms with Crippen LogP contribution < -0.4 is 4.72 Å². The molecule has 26 heavy (non-hydrogen) atoms. The highest BCUT2D eigenvalue weighted by molar-refractivity contribution is 7.92. The highest BCUT2D eigenvalue weighted by atomic mass is 32.2. The highest BCUT2D eigenvalue weighted by Gasteiger charge is 2.05. The predicted molar refractivity (Wildman–Crippen MR) is 104 cm³/mol. The summed E-state index contributed by atoms with van der Waals surface area (Å²) >= 11 is 0. The molecule has 0 bridgehead atoms. The van der Waals surface area contributed by atoms with E-state index in [1.54, 1.807) is 18.6 Å². The number of aryl methyl sites for hydroxylation is 1. The van der Waals surface area contributed by atoms with Crippen LogP contribution in [0.3, 0.4) is 0 Å². The smallest absolute Gasteiger partial charge is 0.234 e. The molecule has 0 aliphatic rings. The first kappa shape index (κ1) is 18.1. The molecule has 1 aromatic heterocycles. The minimum atomic E-state index is -3.48. The molecule has 3 rings (SSSR count). The van der Waals surface area contributed by atoms with Crippen LogP contribution in [0, 0.1) is 6.92 Å². The zero-order valence-corrected chi connectivity index (χ0v) is 15.4. The van der Waals surface area contributed by atoms with Crippen LogP contribution >= 0.6 is 0 Å². The predicted octanol–water partition coefficient (Wildman–Crippen LogP) is 3.33. The number of nitrogens with zero attached hydrogens (tertiary/aromatic N) is 2. The molecule has 1 heterocycles. The van der Waals surface area contributed by atoms with Gasteiger partial charge in [0.15, 0.2) is 0 Å². The SMILES string of the molecule is Cc1ccc(/C=C/S(=O)(=O)NCc2ccc(Cn3ccnc3)cc2)cc1. The van der Waals surface area contributed by atoms with Gasteiger partial charge in [-0.1, -0.05) is 54.1 Å². The Morgan fingerprint density at radius 3 is 2.38 bits per heavy atom. The summed E-state index contributed by atoms with van der Waals surface area (Å²) in [5, 5.41) is 1.20. The van der Waals surface area contributed by atoms with Gasteiger partial charge in [-0.25, -0.2) is 18.1 Å². The second-order valence-corrected chi connectivity index (χ2v) is 7.78. The van der Waals surface area contributed by atoms with Crippen LogP contribution in [0.1, 0.15) is 22.3 Å². The summed E-state index contributed by atoms with van der Waals surface area (Å²) in [6, 6.07) is 15.5. The minimum Gasteiger partial charge on any atom is -0.333 e. The number of benzene rings is 2. The molecule has 0 aliphatic heterocycles. The molecule has 0 saturated carbocycles. The third-order valence-electron chi connectivity index (χ3n) is 3.94. The first-order valence-corrected chi connectivity index (χ1v) is 9.83. The van der Waals surface area contributed by atoms with E-state index in [9.17, 15) is 8.42 Å². The van der Waals surface area contributed by atoms with Crippen LogP contribution in [0.5, 0.6) is 0 Å². The molecule has 6 heteroatoms. The summed E-state index contributed by atoms with van der Waals surface area (Å²) in [5.74, 6) is 0. The van der Waals surface area contributed by atoms with E-state index in [1.807, 2.05) is 66.2 Å². The molecule has 0 saturated heterocycles. The first-order valence-electron chi connectivity index (χ1n) is 8.28. The molecule has 2 aromatic carbocycles. The minimum absolute atomic E-state index is 0.256. The van der Waals surface area contributed by atoms with Crippen molar-refractivity contribution < 1.29 is 8.42 Å². The van der Waals surface area contributed by atoms with Gasteiger partial charge in [-0.05, 0) is 29.7 Å². The van der Waals surface area contributed by atoms with Crippen LogP contribution in [0.2, 0.25) is 0 Å². The number of hydrogen-bond acceptors (Lipinski definition) is 3. The van der Waals surface area contributed by atoms with Gasteiger partial charge in [-0.2, -0.15) is 0 Å². The standard InChI is InChI=1S/C20H21N3O2S/c1-17-2-4-18(5-3-17)10-13-26(24,25)22-14-19-6-8-20(9-7-19)15-23-12-11-21-16-23/h2-13,16,22H,14-15H2,1H3/b13-10+. The lowest BCUT2D eigenvalue weighted by atomic mass is 10.1. The molecule has 0 unspecified atom stereocenters. The number of rotatable bonds is 7. The summed E-state index contributed by atoms with van der Waals surface area (Å²) < 4.78 is 28.8. The van der Waals surface area contributed by atoms with Gasteiger partial charge in [-0.15, -0.1) is 0 Å². The Labute approximate surface area is 154 Å². The van der Waals surface area contributed by atoms with Crippen LogP contribution in [0.25, 0.3) is 6.08 Å². The molecule has 0 fully saturated rings. The average molecular weight is 367 g/mol. The van der Waals surface area contributed by atoms with Crippen molar-refractivity contribution in [3.8, 4) is 0 Å². The first-order chi connectivity index (χ1) is 12.5. The fourth-order valence-corrected chi connectivity index (χ4v) is 3.23. The summed E-state index contributed by atoms with van der Waals surface area (Å²) in [4.78, 5) is 4.02. The van der Waals surface area contributed by atoms with Crippen molar-refractivity contribution in [3.05, 3.63) is 94.9 Å². The van der Waals surface area contributed by atoms with Gasteiger partial charge in [0.25, 0.3) is 0 Å². The van der Waals surface area contributed by atoms with Crippen LogP contribution in [-0.4, -0.2) is 18.0 Å². The Hall–Kier alpha value is -2.70. The van der Waals surface area contributed by atoms with Crippen molar-refractivity contribution in [2.24, 2.45) is 0 Å². The van der Waals surface area contributed by atoms with E-state index in [0.29, 0.717) is 0 Å². The Kier molecular flexibility index (Phi) is 5.65. The number of sulfonamides is 1. The second-order valence-electron chi connectivity index (χ2n) is 6.13. The Balaban J connectivity index is 1.56. The highest BCUT2D eigenvalue weighted by Crippen LogP contribution is 2.08. The lowest BCUT2D eigenvalue weighted by Gasteiger charge is -2.06.